The topological polar surface area (TPSA) is 7.12 Å². The van der Waals surface area contributed by atoms with Crippen LogP contribution in [0.2, 0.25) is 0 Å². The number of rotatable bonds is 2. The Balaban J connectivity index is 0.00000128. The summed E-state index contributed by atoms with van der Waals surface area (Å²) in [7, 11) is 4.09. The minimum atomic E-state index is 0. The van der Waals surface area contributed by atoms with Crippen LogP contribution < -0.4 is 21.9 Å². The van der Waals surface area contributed by atoms with E-state index in [-0.39, 0.29) is 12.4 Å². The lowest BCUT2D eigenvalue weighted by Gasteiger charge is -2.10. The Morgan fingerprint density at radius 1 is 0.875 bits per heavy atom. The van der Waals surface area contributed by atoms with Crippen LogP contribution in [-0.2, 0) is 0 Å². The van der Waals surface area contributed by atoms with E-state index in [2.05, 4.69) is 46.1 Å². The fourth-order valence-corrected chi connectivity index (χ4v) is 1.49. The van der Waals surface area contributed by atoms with E-state index in [1.54, 1.807) is 0 Å². The van der Waals surface area contributed by atoms with Gasteiger partial charge < -0.3 is 17.3 Å². The van der Waals surface area contributed by atoms with E-state index < -0.39 is 0 Å². The number of benzene rings is 1. The van der Waals surface area contributed by atoms with Crippen molar-refractivity contribution >= 4 is 5.69 Å². The third kappa shape index (κ3) is 2.74. The van der Waals surface area contributed by atoms with Gasteiger partial charge in [-0.3, -0.25) is 0 Å². The van der Waals surface area contributed by atoms with E-state index in [0.717, 1.165) is 0 Å². The lowest BCUT2D eigenvalue weighted by Crippen LogP contribution is -3.00. The summed E-state index contributed by atoms with van der Waals surface area (Å²) in [6.45, 7) is 0. The Hall–Kier alpha value is -1.54. The maximum atomic E-state index is 2.10. The monoisotopic (exact) mass is 234 g/mol. The molecule has 0 atom stereocenters. The van der Waals surface area contributed by atoms with Crippen LogP contribution in [0.1, 0.15) is 0 Å². The molecule has 0 N–H and O–H groups in total. The molecule has 16 heavy (non-hydrogen) atoms. The van der Waals surface area contributed by atoms with Crippen LogP contribution in [0.5, 0.6) is 0 Å². The molecule has 1 heterocycles. The first-order valence-corrected chi connectivity index (χ1v) is 5.01. The van der Waals surface area contributed by atoms with Gasteiger partial charge in [-0.2, -0.15) is 4.57 Å². The summed E-state index contributed by atoms with van der Waals surface area (Å²) in [6.07, 6.45) is 4.15. The summed E-state index contributed by atoms with van der Waals surface area (Å²) < 4.78 is 2.10. The van der Waals surface area contributed by atoms with Crippen molar-refractivity contribution in [3.8, 4) is 5.69 Å². The second-order valence-electron chi connectivity index (χ2n) is 3.69. The number of nitrogens with zero attached hydrogens (tertiary/aromatic N) is 2. The SMILES string of the molecule is CN(C)c1cc[n+](-c2ccccc2)cc1.[Cl-]. The third-order valence-corrected chi connectivity index (χ3v) is 2.38. The molecular weight excluding hydrogens is 220 g/mol. The Labute approximate surface area is 103 Å². The van der Waals surface area contributed by atoms with Crippen LogP contribution >= 0.6 is 0 Å². The lowest BCUT2D eigenvalue weighted by molar-refractivity contribution is -0.595. The van der Waals surface area contributed by atoms with Crippen LogP contribution in [0, 0.1) is 0 Å². The van der Waals surface area contributed by atoms with Crippen molar-refractivity contribution < 1.29 is 17.0 Å². The predicted octanol–water partition coefficient (Wildman–Crippen LogP) is -0.967. The fraction of sp³-hybridized carbons (Fsp3) is 0.154. The van der Waals surface area contributed by atoms with Crippen molar-refractivity contribution in [1.82, 2.24) is 0 Å². The number of pyridine rings is 1. The molecule has 1 aromatic heterocycles. The largest absolute Gasteiger partial charge is 1.00 e. The number of anilines is 1. The molecule has 84 valence electrons. The van der Waals surface area contributed by atoms with E-state index in [0.29, 0.717) is 0 Å². The Morgan fingerprint density at radius 3 is 1.94 bits per heavy atom. The lowest BCUT2D eigenvalue weighted by atomic mass is 10.3. The zero-order chi connectivity index (χ0) is 10.7. The van der Waals surface area contributed by atoms with Crippen LogP contribution in [0.3, 0.4) is 0 Å². The zero-order valence-corrected chi connectivity index (χ0v) is 10.2. The molecule has 0 amide bonds. The standard InChI is InChI=1S/C13H15N2.ClH/c1-14(2)12-8-10-15(11-9-12)13-6-4-3-5-7-13;/h3-11H,1-2H3;1H/q+1;/p-1. The first kappa shape index (κ1) is 12.5. The summed E-state index contributed by atoms with van der Waals surface area (Å²) >= 11 is 0. The van der Waals surface area contributed by atoms with E-state index >= 15 is 0 Å². The molecule has 2 aromatic rings. The molecule has 0 bridgehead atoms. The fourth-order valence-electron chi connectivity index (χ4n) is 1.49. The van der Waals surface area contributed by atoms with Crippen molar-refractivity contribution in [1.29, 1.82) is 0 Å². The maximum Gasteiger partial charge on any atom is 0.210 e. The smallest absolute Gasteiger partial charge is 0.210 e. The molecule has 0 unspecified atom stereocenters. The molecule has 1 aromatic carbocycles. The van der Waals surface area contributed by atoms with Crippen molar-refractivity contribution in [2.45, 2.75) is 0 Å². The molecule has 0 saturated heterocycles. The van der Waals surface area contributed by atoms with E-state index in [1.807, 2.05) is 32.3 Å². The molecule has 0 aliphatic heterocycles. The van der Waals surface area contributed by atoms with Gasteiger partial charge in [0.25, 0.3) is 0 Å². The molecule has 2 nitrogen and oxygen atoms in total. The van der Waals surface area contributed by atoms with Gasteiger partial charge in [0.1, 0.15) is 0 Å². The van der Waals surface area contributed by atoms with Crippen LogP contribution in [0.25, 0.3) is 5.69 Å². The van der Waals surface area contributed by atoms with Gasteiger partial charge in [-0.15, -0.1) is 0 Å². The van der Waals surface area contributed by atoms with Gasteiger partial charge in [-0.05, 0) is 0 Å². The summed E-state index contributed by atoms with van der Waals surface area (Å²) in [6, 6.07) is 14.5. The van der Waals surface area contributed by atoms with Gasteiger partial charge in [-0.25, -0.2) is 0 Å². The third-order valence-electron chi connectivity index (χ3n) is 2.38. The molecule has 2 rings (SSSR count). The average molecular weight is 235 g/mol. The van der Waals surface area contributed by atoms with E-state index in [4.69, 9.17) is 0 Å². The van der Waals surface area contributed by atoms with Crippen molar-refractivity contribution in [2.75, 3.05) is 19.0 Å². The first-order valence-electron chi connectivity index (χ1n) is 5.01. The quantitative estimate of drug-likeness (QED) is 0.607. The number of hydrogen-bond donors (Lipinski definition) is 0. The van der Waals surface area contributed by atoms with E-state index in [9.17, 15) is 0 Å². The molecule has 0 radical (unpaired) electrons. The summed E-state index contributed by atoms with van der Waals surface area (Å²) in [5.41, 5.74) is 2.39. The Bertz CT molecular complexity index is 423. The number of hydrogen-bond acceptors (Lipinski definition) is 1. The average Bonchev–Trinajstić information content (AvgIpc) is 2.30. The van der Waals surface area contributed by atoms with Gasteiger partial charge >= 0.3 is 0 Å². The first-order chi connectivity index (χ1) is 7.27. The second kappa shape index (κ2) is 5.52. The molecule has 0 aliphatic rings. The van der Waals surface area contributed by atoms with Crippen molar-refractivity contribution in [2.24, 2.45) is 0 Å². The normalized spacial score (nSPS) is 9.38. The van der Waals surface area contributed by atoms with Gasteiger partial charge in [0.05, 0.1) is 0 Å². The van der Waals surface area contributed by atoms with Crippen LogP contribution in [0.4, 0.5) is 5.69 Å². The molecule has 3 heteroatoms. The minimum Gasteiger partial charge on any atom is -1.00 e. The zero-order valence-electron chi connectivity index (χ0n) is 9.47. The molecule has 0 saturated carbocycles. The summed E-state index contributed by atoms with van der Waals surface area (Å²) in [5, 5.41) is 0. The van der Waals surface area contributed by atoms with Crippen molar-refractivity contribution in [3.63, 3.8) is 0 Å². The van der Waals surface area contributed by atoms with Gasteiger partial charge in [0.15, 0.2) is 12.4 Å². The van der Waals surface area contributed by atoms with E-state index in [1.165, 1.54) is 11.4 Å². The summed E-state index contributed by atoms with van der Waals surface area (Å²) in [5.74, 6) is 0. The molecule has 0 spiro atoms. The highest BCUT2D eigenvalue weighted by molar-refractivity contribution is 5.41. The molecule has 0 fully saturated rings. The highest BCUT2D eigenvalue weighted by Crippen LogP contribution is 2.07. The van der Waals surface area contributed by atoms with Gasteiger partial charge in [-0.1, -0.05) is 18.2 Å². The Kier molecular flexibility index (Phi) is 4.32. The second-order valence-corrected chi connectivity index (χ2v) is 3.69. The predicted molar refractivity (Wildman–Crippen MR) is 62.3 cm³/mol. The van der Waals surface area contributed by atoms with Crippen LogP contribution in [0.15, 0.2) is 54.9 Å². The molecule has 0 aliphatic carbocycles. The highest BCUT2D eigenvalue weighted by atomic mass is 35.5. The molecular formula is C13H15ClN2. The Morgan fingerprint density at radius 2 is 1.44 bits per heavy atom. The maximum absolute atomic E-state index is 2.10. The van der Waals surface area contributed by atoms with Gasteiger partial charge in [0.2, 0.25) is 5.69 Å². The van der Waals surface area contributed by atoms with Gasteiger partial charge in [0, 0.05) is 44.0 Å². The van der Waals surface area contributed by atoms with Crippen LogP contribution in [-0.4, -0.2) is 14.1 Å². The number of para-hydroxylation sites is 1. The summed E-state index contributed by atoms with van der Waals surface area (Å²) in [4.78, 5) is 2.09. The minimum absolute atomic E-state index is 0. The highest BCUT2D eigenvalue weighted by Gasteiger charge is 2.04. The van der Waals surface area contributed by atoms with Crippen molar-refractivity contribution in [3.05, 3.63) is 54.9 Å². The number of halogens is 1. The number of aromatic nitrogens is 1.